The van der Waals surface area contributed by atoms with Crippen molar-refractivity contribution in [2.24, 2.45) is 11.7 Å². The second-order valence-electron chi connectivity index (χ2n) is 4.05. The third-order valence-electron chi connectivity index (χ3n) is 3.06. The van der Waals surface area contributed by atoms with Gasteiger partial charge in [0.2, 0.25) is 0 Å². The highest BCUT2D eigenvalue weighted by Gasteiger charge is 2.46. The molecule has 5 nitrogen and oxygen atoms in total. The number of nitrogens with zero attached hydrogens (tertiary/aromatic N) is 1. The Bertz CT molecular complexity index is 419. The summed E-state index contributed by atoms with van der Waals surface area (Å²) < 4.78 is 0. The lowest BCUT2D eigenvalue weighted by molar-refractivity contribution is -0.143. The van der Waals surface area contributed by atoms with Crippen molar-refractivity contribution in [1.82, 2.24) is 4.98 Å². The van der Waals surface area contributed by atoms with Gasteiger partial charge in [0.05, 0.1) is 0 Å². The number of aromatic nitrogens is 1. The van der Waals surface area contributed by atoms with Gasteiger partial charge in [0, 0.05) is 18.0 Å². The van der Waals surface area contributed by atoms with E-state index in [9.17, 15) is 14.7 Å². The molecule has 17 heavy (non-hydrogen) atoms. The predicted octanol–water partition coefficient (Wildman–Crippen LogP) is 1.09. The number of nitrogens with two attached hydrogens (primary N) is 1. The summed E-state index contributed by atoms with van der Waals surface area (Å²) in [6, 6.07) is 2.94. The molecule has 5 heteroatoms. The highest BCUT2D eigenvalue weighted by Crippen LogP contribution is 2.23. The van der Waals surface area contributed by atoms with E-state index >= 15 is 0 Å². The molecule has 0 aliphatic rings. The molecule has 1 aromatic rings. The molecule has 1 heterocycles. The minimum Gasteiger partial charge on any atom is -0.480 e. The zero-order valence-corrected chi connectivity index (χ0v) is 9.88. The van der Waals surface area contributed by atoms with Gasteiger partial charge in [-0.05, 0) is 18.1 Å². The van der Waals surface area contributed by atoms with Crippen LogP contribution in [0.4, 0.5) is 0 Å². The van der Waals surface area contributed by atoms with Crippen LogP contribution in [0.5, 0.6) is 0 Å². The topological polar surface area (TPSA) is 93.3 Å². The largest absolute Gasteiger partial charge is 0.480 e. The molecule has 0 fully saturated rings. The van der Waals surface area contributed by atoms with Gasteiger partial charge in [-0.3, -0.25) is 9.78 Å². The van der Waals surface area contributed by atoms with E-state index in [1.165, 1.54) is 24.5 Å². The number of hydrogen-bond donors (Lipinski definition) is 2. The van der Waals surface area contributed by atoms with Crippen LogP contribution >= 0.6 is 0 Å². The van der Waals surface area contributed by atoms with Crippen molar-refractivity contribution in [2.45, 2.75) is 25.8 Å². The number of aliphatic carboxylic acids is 1. The molecule has 0 saturated carbocycles. The maximum Gasteiger partial charge on any atom is 0.332 e. The van der Waals surface area contributed by atoms with E-state index in [0.717, 1.165) is 0 Å². The molecule has 92 valence electrons. The summed E-state index contributed by atoms with van der Waals surface area (Å²) in [4.78, 5) is 27.2. The minimum atomic E-state index is -1.88. The lowest BCUT2D eigenvalue weighted by atomic mass is 9.78. The van der Waals surface area contributed by atoms with Crippen molar-refractivity contribution in [2.75, 3.05) is 0 Å². The molecule has 0 radical (unpaired) electrons. The number of rotatable bonds is 5. The zero-order chi connectivity index (χ0) is 13.1. The molecule has 0 aliphatic carbocycles. The van der Waals surface area contributed by atoms with E-state index in [1.54, 1.807) is 13.8 Å². The number of carbonyl (C=O) groups is 2. The van der Waals surface area contributed by atoms with Gasteiger partial charge >= 0.3 is 5.97 Å². The normalized spacial score (nSPS) is 15.9. The van der Waals surface area contributed by atoms with Crippen LogP contribution in [0.15, 0.2) is 24.5 Å². The fraction of sp³-hybridized carbons (Fsp3) is 0.417. The summed E-state index contributed by atoms with van der Waals surface area (Å²) in [6.45, 7) is 3.46. The van der Waals surface area contributed by atoms with Crippen molar-refractivity contribution in [3.05, 3.63) is 30.1 Å². The Kier molecular flexibility index (Phi) is 3.96. The van der Waals surface area contributed by atoms with Gasteiger partial charge in [-0.2, -0.15) is 0 Å². The van der Waals surface area contributed by atoms with E-state index in [2.05, 4.69) is 4.98 Å². The van der Waals surface area contributed by atoms with Crippen LogP contribution in [0.2, 0.25) is 0 Å². The molecule has 0 aliphatic heterocycles. The van der Waals surface area contributed by atoms with Crippen LogP contribution in [-0.4, -0.2) is 27.4 Å². The summed E-state index contributed by atoms with van der Waals surface area (Å²) in [5, 5.41) is 9.20. The van der Waals surface area contributed by atoms with Gasteiger partial charge in [-0.25, -0.2) is 4.79 Å². The van der Waals surface area contributed by atoms with Crippen LogP contribution in [0.1, 0.15) is 30.6 Å². The Morgan fingerprint density at radius 1 is 1.47 bits per heavy atom. The molecule has 0 bridgehead atoms. The Labute approximate surface area is 99.7 Å². The first-order valence-electron chi connectivity index (χ1n) is 5.41. The first-order chi connectivity index (χ1) is 7.94. The Morgan fingerprint density at radius 2 is 2.00 bits per heavy atom. The second kappa shape index (κ2) is 5.05. The van der Waals surface area contributed by atoms with Crippen molar-refractivity contribution in [3.8, 4) is 0 Å². The molecule has 0 saturated heterocycles. The van der Waals surface area contributed by atoms with Crippen LogP contribution < -0.4 is 5.73 Å². The highest BCUT2D eigenvalue weighted by atomic mass is 16.4. The van der Waals surface area contributed by atoms with E-state index < -0.39 is 23.2 Å². The predicted molar refractivity (Wildman–Crippen MR) is 62.6 cm³/mol. The van der Waals surface area contributed by atoms with Crippen LogP contribution in [-0.2, 0) is 4.79 Å². The number of carboxylic acids is 1. The molecule has 1 aromatic heterocycles. The molecule has 0 aromatic carbocycles. The highest BCUT2D eigenvalue weighted by molar-refractivity contribution is 6.16. The molecule has 1 rings (SSSR count). The third kappa shape index (κ3) is 2.34. The van der Waals surface area contributed by atoms with Gasteiger partial charge in [0.25, 0.3) is 0 Å². The van der Waals surface area contributed by atoms with Gasteiger partial charge in [-0.15, -0.1) is 0 Å². The molecule has 3 N–H and O–H groups in total. The van der Waals surface area contributed by atoms with Gasteiger partial charge in [0.15, 0.2) is 11.3 Å². The minimum absolute atomic E-state index is 0.269. The summed E-state index contributed by atoms with van der Waals surface area (Å²) in [5.41, 5.74) is 4.19. The van der Waals surface area contributed by atoms with E-state index in [-0.39, 0.29) is 5.56 Å². The summed E-state index contributed by atoms with van der Waals surface area (Å²) in [7, 11) is 0. The lowest BCUT2D eigenvalue weighted by Gasteiger charge is -2.29. The Hall–Kier alpha value is -1.75. The quantitative estimate of drug-likeness (QED) is 0.589. The average Bonchev–Trinajstić information content (AvgIpc) is 2.36. The third-order valence-corrected chi connectivity index (χ3v) is 3.06. The molecule has 0 unspecified atom stereocenters. The standard InChI is InChI=1S/C12H16N2O3/c1-3-8(2)12(13,11(16)17)10(15)9-4-6-14-7-5-9/h4-8H,3,13H2,1-2H3,(H,16,17)/t8-,12+/m0/s1. The first kappa shape index (κ1) is 13.3. The van der Waals surface area contributed by atoms with Crippen LogP contribution in [0.25, 0.3) is 0 Å². The van der Waals surface area contributed by atoms with Crippen LogP contribution in [0.3, 0.4) is 0 Å². The fourth-order valence-corrected chi connectivity index (χ4v) is 1.60. The van der Waals surface area contributed by atoms with Crippen molar-refractivity contribution >= 4 is 11.8 Å². The molecule has 2 atom stereocenters. The number of carbonyl (C=O) groups excluding carboxylic acids is 1. The van der Waals surface area contributed by atoms with Gasteiger partial charge in [0.1, 0.15) is 0 Å². The van der Waals surface area contributed by atoms with E-state index in [4.69, 9.17) is 5.73 Å². The maximum absolute atomic E-state index is 12.2. The molecule has 0 amide bonds. The second-order valence-corrected chi connectivity index (χ2v) is 4.05. The van der Waals surface area contributed by atoms with Crippen molar-refractivity contribution in [3.63, 3.8) is 0 Å². The number of carboxylic acid groups (broad SMARTS) is 1. The fourth-order valence-electron chi connectivity index (χ4n) is 1.60. The number of Topliss-reactive ketones (excluding diaryl/α,β-unsaturated/α-hetero) is 1. The monoisotopic (exact) mass is 236 g/mol. The maximum atomic E-state index is 12.2. The number of hydrogen-bond acceptors (Lipinski definition) is 4. The summed E-state index contributed by atoms with van der Waals surface area (Å²) in [5.74, 6) is -2.32. The Balaban J connectivity index is 3.18. The molecular weight excluding hydrogens is 220 g/mol. The number of pyridine rings is 1. The zero-order valence-electron chi connectivity index (χ0n) is 9.88. The Morgan fingerprint density at radius 3 is 2.41 bits per heavy atom. The smallest absolute Gasteiger partial charge is 0.332 e. The lowest BCUT2D eigenvalue weighted by Crippen LogP contribution is -2.59. The first-order valence-corrected chi connectivity index (χ1v) is 5.41. The van der Waals surface area contributed by atoms with Crippen molar-refractivity contribution in [1.29, 1.82) is 0 Å². The molecule has 0 spiro atoms. The SMILES string of the molecule is CC[C@H](C)[C@](N)(C(=O)O)C(=O)c1ccncc1. The summed E-state index contributed by atoms with van der Waals surface area (Å²) >= 11 is 0. The molecular formula is C12H16N2O3. The summed E-state index contributed by atoms with van der Waals surface area (Å²) in [6.07, 6.45) is 3.39. The van der Waals surface area contributed by atoms with E-state index in [0.29, 0.717) is 6.42 Å². The van der Waals surface area contributed by atoms with Crippen molar-refractivity contribution < 1.29 is 14.7 Å². The van der Waals surface area contributed by atoms with Crippen LogP contribution in [0, 0.1) is 5.92 Å². The van der Waals surface area contributed by atoms with Gasteiger partial charge in [-0.1, -0.05) is 20.3 Å². The van der Waals surface area contributed by atoms with Gasteiger partial charge < -0.3 is 10.8 Å². The van der Waals surface area contributed by atoms with E-state index in [1.807, 2.05) is 0 Å². The average molecular weight is 236 g/mol. The number of ketones is 1.